The second kappa shape index (κ2) is 5.83. The van der Waals surface area contributed by atoms with Gasteiger partial charge in [0.2, 0.25) is 5.91 Å². The van der Waals surface area contributed by atoms with Gasteiger partial charge in [0.05, 0.1) is 6.04 Å². The number of carbonyl (C=O) groups is 2. The van der Waals surface area contributed by atoms with Crippen molar-refractivity contribution >= 4 is 11.7 Å². The molecule has 4 nitrogen and oxygen atoms in total. The van der Waals surface area contributed by atoms with E-state index in [4.69, 9.17) is 0 Å². The van der Waals surface area contributed by atoms with Gasteiger partial charge in [-0.2, -0.15) is 0 Å². The summed E-state index contributed by atoms with van der Waals surface area (Å²) >= 11 is 0. The second-order valence-corrected chi connectivity index (χ2v) is 7.05. The topological polar surface area (TPSA) is 49.4 Å². The van der Waals surface area contributed by atoms with Gasteiger partial charge in [-0.25, -0.2) is 0 Å². The van der Waals surface area contributed by atoms with Gasteiger partial charge in [-0.15, -0.1) is 0 Å². The van der Waals surface area contributed by atoms with Crippen LogP contribution >= 0.6 is 0 Å². The summed E-state index contributed by atoms with van der Waals surface area (Å²) in [5, 5.41) is 3.25. The van der Waals surface area contributed by atoms with Crippen LogP contribution in [0.25, 0.3) is 0 Å². The molecular formula is C14H28N2O2. The molecular weight excluding hydrogens is 228 g/mol. The van der Waals surface area contributed by atoms with Crippen LogP contribution in [0.4, 0.5) is 0 Å². The highest BCUT2D eigenvalue weighted by molar-refractivity contribution is 5.92. The molecule has 0 heterocycles. The fourth-order valence-corrected chi connectivity index (χ4v) is 1.61. The van der Waals surface area contributed by atoms with Crippen LogP contribution in [0.1, 0.15) is 48.0 Å². The Morgan fingerprint density at radius 3 is 1.78 bits per heavy atom. The van der Waals surface area contributed by atoms with Crippen LogP contribution in [0.15, 0.2) is 0 Å². The first-order valence-electron chi connectivity index (χ1n) is 6.37. The maximum atomic E-state index is 12.4. The van der Waals surface area contributed by atoms with Gasteiger partial charge in [0.15, 0.2) is 5.78 Å². The lowest BCUT2D eigenvalue weighted by molar-refractivity contribution is -0.135. The molecule has 18 heavy (non-hydrogen) atoms. The molecule has 1 amide bonds. The number of hydrogen-bond donors (Lipinski definition) is 1. The molecule has 106 valence electrons. The number of Topliss-reactive ketones (excluding diaryl/α,β-unsaturated/α-hetero) is 1. The quantitative estimate of drug-likeness (QED) is 0.835. The zero-order valence-corrected chi connectivity index (χ0v) is 13.0. The van der Waals surface area contributed by atoms with Crippen molar-refractivity contribution < 1.29 is 9.59 Å². The van der Waals surface area contributed by atoms with E-state index in [-0.39, 0.29) is 23.7 Å². The second-order valence-electron chi connectivity index (χ2n) is 7.05. The van der Waals surface area contributed by atoms with Gasteiger partial charge in [-0.05, 0) is 20.8 Å². The molecule has 0 aliphatic heterocycles. The van der Waals surface area contributed by atoms with Crippen LogP contribution in [-0.2, 0) is 9.59 Å². The Hall–Kier alpha value is -0.900. The first-order chi connectivity index (χ1) is 7.84. The first kappa shape index (κ1) is 17.1. The molecule has 1 unspecified atom stereocenters. The predicted octanol–water partition coefficient (Wildman–Crippen LogP) is 1.84. The average Bonchev–Trinajstić information content (AvgIpc) is 2.11. The third-order valence-corrected chi connectivity index (χ3v) is 2.54. The van der Waals surface area contributed by atoms with E-state index in [9.17, 15) is 9.59 Å². The van der Waals surface area contributed by atoms with E-state index in [0.717, 1.165) is 0 Å². The van der Waals surface area contributed by atoms with Crippen molar-refractivity contribution in [2.45, 2.75) is 59.5 Å². The van der Waals surface area contributed by atoms with Crippen LogP contribution in [0.5, 0.6) is 0 Å². The summed E-state index contributed by atoms with van der Waals surface area (Å²) < 4.78 is 0. The third kappa shape index (κ3) is 6.15. The van der Waals surface area contributed by atoms with Crippen LogP contribution in [0.3, 0.4) is 0 Å². The maximum absolute atomic E-state index is 12.4. The number of amides is 1. The number of hydrogen-bond acceptors (Lipinski definition) is 3. The number of ketones is 1. The Labute approximate surface area is 111 Å². The minimum absolute atomic E-state index is 0.0330. The van der Waals surface area contributed by atoms with E-state index in [1.165, 1.54) is 4.90 Å². The summed E-state index contributed by atoms with van der Waals surface area (Å²) in [6.07, 6.45) is 0.209. The van der Waals surface area contributed by atoms with E-state index in [2.05, 4.69) is 5.32 Å². The van der Waals surface area contributed by atoms with E-state index in [0.29, 0.717) is 0 Å². The van der Waals surface area contributed by atoms with Gasteiger partial charge in [0, 0.05) is 31.5 Å². The number of rotatable bonds is 4. The summed E-state index contributed by atoms with van der Waals surface area (Å²) in [6, 6.07) is -0.431. The van der Waals surface area contributed by atoms with Crippen molar-refractivity contribution in [3.8, 4) is 0 Å². The van der Waals surface area contributed by atoms with Crippen molar-refractivity contribution in [3.05, 3.63) is 0 Å². The molecule has 1 atom stereocenters. The summed E-state index contributed by atoms with van der Waals surface area (Å²) in [6.45, 7) is 11.6. The molecule has 0 spiro atoms. The van der Waals surface area contributed by atoms with Gasteiger partial charge < -0.3 is 10.2 Å². The summed E-state index contributed by atoms with van der Waals surface area (Å²) in [4.78, 5) is 25.7. The lowest BCUT2D eigenvalue weighted by atomic mass is 9.84. The fraction of sp³-hybridized carbons (Fsp3) is 0.857. The SMILES string of the molecule is CN(C)C(=O)CC(NC(C)(C)C)C(=O)C(C)(C)C. The summed E-state index contributed by atoms with van der Waals surface area (Å²) in [5.41, 5.74) is -0.645. The van der Waals surface area contributed by atoms with Crippen molar-refractivity contribution in [2.75, 3.05) is 14.1 Å². The third-order valence-electron chi connectivity index (χ3n) is 2.54. The molecule has 0 aromatic heterocycles. The van der Waals surface area contributed by atoms with Crippen molar-refractivity contribution in [2.24, 2.45) is 5.41 Å². The molecule has 0 aliphatic carbocycles. The van der Waals surface area contributed by atoms with Crippen molar-refractivity contribution in [3.63, 3.8) is 0 Å². The van der Waals surface area contributed by atoms with E-state index in [1.54, 1.807) is 14.1 Å². The Balaban J connectivity index is 4.96. The highest BCUT2D eigenvalue weighted by Gasteiger charge is 2.33. The normalized spacial score (nSPS) is 14.2. The van der Waals surface area contributed by atoms with Crippen LogP contribution < -0.4 is 5.32 Å². The molecule has 4 heteroatoms. The minimum Gasteiger partial charge on any atom is -0.349 e. The van der Waals surface area contributed by atoms with Gasteiger partial charge in [-0.1, -0.05) is 20.8 Å². The highest BCUT2D eigenvalue weighted by Crippen LogP contribution is 2.20. The summed E-state index contributed by atoms with van der Waals surface area (Å²) in [5.74, 6) is 0.0435. The first-order valence-corrected chi connectivity index (χ1v) is 6.37. The van der Waals surface area contributed by atoms with E-state index < -0.39 is 11.5 Å². The molecule has 0 bridgehead atoms. The zero-order valence-electron chi connectivity index (χ0n) is 13.0. The van der Waals surface area contributed by atoms with E-state index in [1.807, 2.05) is 41.5 Å². The molecule has 0 saturated heterocycles. The number of carbonyl (C=O) groups excluding carboxylic acids is 2. The van der Waals surface area contributed by atoms with Crippen LogP contribution in [0.2, 0.25) is 0 Å². The molecule has 0 fully saturated rings. The van der Waals surface area contributed by atoms with Gasteiger partial charge >= 0.3 is 0 Å². The Kier molecular flexibility index (Phi) is 5.54. The van der Waals surface area contributed by atoms with Crippen LogP contribution in [-0.4, -0.2) is 42.3 Å². The molecule has 0 aromatic rings. The van der Waals surface area contributed by atoms with Gasteiger partial charge in [0.1, 0.15) is 0 Å². The lowest BCUT2D eigenvalue weighted by Gasteiger charge is -2.32. The molecule has 0 rings (SSSR count). The number of nitrogens with one attached hydrogen (secondary N) is 1. The Morgan fingerprint density at radius 2 is 1.50 bits per heavy atom. The molecule has 0 aromatic carbocycles. The Morgan fingerprint density at radius 1 is 1.06 bits per heavy atom. The van der Waals surface area contributed by atoms with Crippen molar-refractivity contribution in [1.82, 2.24) is 10.2 Å². The van der Waals surface area contributed by atoms with Gasteiger partial charge in [-0.3, -0.25) is 9.59 Å². The average molecular weight is 256 g/mol. The Bertz CT molecular complexity index is 309. The monoisotopic (exact) mass is 256 g/mol. The van der Waals surface area contributed by atoms with Gasteiger partial charge in [0.25, 0.3) is 0 Å². The lowest BCUT2D eigenvalue weighted by Crippen LogP contribution is -2.52. The van der Waals surface area contributed by atoms with Crippen LogP contribution in [0, 0.1) is 5.41 Å². The molecule has 0 aliphatic rings. The number of nitrogens with zero attached hydrogens (tertiary/aromatic N) is 1. The maximum Gasteiger partial charge on any atom is 0.224 e. The largest absolute Gasteiger partial charge is 0.349 e. The van der Waals surface area contributed by atoms with E-state index >= 15 is 0 Å². The zero-order chi connectivity index (χ0) is 14.7. The van der Waals surface area contributed by atoms with Crippen molar-refractivity contribution in [1.29, 1.82) is 0 Å². The molecule has 0 saturated carbocycles. The standard InChI is InChI=1S/C14H28N2O2/c1-13(2,3)12(18)10(15-14(4,5)6)9-11(17)16(7)8/h10,15H,9H2,1-8H3. The molecule has 0 radical (unpaired) electrons. The highest BCUT2D eigenvalue weighted by atomic mass is 16.2. The fourth-order valence-electron chi connectivity index (χ4n) is 1.61. The predicted molar refractivity (Wildman–Crippen MR) is 74.4 cm³/mol. The molecule has 1 N–H and O–H groups in total. The smallest absolute Gasteiger partial charge is 0.224 e. The summed E-state index contributed by atoms with van der Waals surface area (Å²) in [7, 11) is 3.41. The minimum atomic E-state index is -0.449.